The molecule has 0 atom stereocenters. The van der Waals surface area contributed by atoms with Gasteiger partial charge in [-0.05, 0) is 42.5 Å². The van der Waals surface area contributed by atoms with Crippen molar-refractivity contribution in [2.45, 2.75) is 13.1 Å². The quantitative estimate of drug-likeness (QED) is 0.520. The summed E-state index contributed by atoms with van der Waals surface area (Å²) in [7, 11) is 3.18. The van der Waals surface area contributed by atoms with E-state index in [2.05, 4.69) is 5.32 Å². The van der Waals surface area contributed by atoms with Crippen LogP contribution in [0.5, 0.6) is 11.5 Å². The van der Waals surface area contributed by atoms with E-state index in [0.29, 0.717) is 29.6 Å². The van der Waals surface area contributed by atoms with Crippen LogP contribution in [-0.4, -0.2) is 29.7 Å². The van der Waals surface area contributed by atoms with Crippen molar-refractivity contribution >= 4 is 16.9 Å². The summed E-state index contributed by atoms with van der Waals surface area (Å²) in [6.07, 6.45) is 1.58. The Morgan fingerprint density at radius 3 is 2.66 bits per heavy atom. The van der Waals surface area contributed by atoms with E-state index < -0.39 is 0 Å². The van der Waals surface area contributed by atoms with E-state index >= 15 is 0 Å². The van der Waals surface area contributed by atoms with Gasteiger partial charge in [0.2, 0.25) is 5.91 Å². The van der Waals surface area contributed by atoms with Crippen LogP contribution in [0.1, 0.15) is 5.76 Å². The van der Waals surface area contributed by atoms with Crippen LogP contribution in [0.4, 0.5) is 0 Å². The fourth-order valence-electron chi connectivity index (χ4n) is 3.23. The van der Waals surface area contributed by atoms with Gasteiger partial charge in [0.25, 0.3) is 0 Å². The minimum Gasteiger partial charge on any atom is -0.493 e. The lowest BCUT2D eigenvalue weighted by molar-refractivity contribution is -0.121. The SMILES string of the molecule is COc1ccc(-c2nc3ccccc3n2CC(=O)NCc2ccco2)cc1OC. The van der Waals surface area contributed by atoms with Gasteiger partial charge in [0.1, 0.15) is 18.1 Å². The van der Waals surface area contributed by atoms with Crippen LogP contribution in [0.25, 0.3) is 22.4 Å². The van der Waals surface area contributed by atoms with Crippen molar-refractivity contribution in [3.63, 3.8) is 0 Å². The van der Waals surface area contributed by atoms with Crippen molar-refractivity contribution in [1.82, 2.24) is 14.9 Å². The first-order chi connectivity index (χ1) is 14.2. The second kappa shape index (κ2) is 8.10. The standard InChI is InChI=1S/C22H21N3O4/c1-27-19-10-9-15(12-20(19)28-2)22-24-17-7-3-4-8-18(17)25(22)14-21(26)23-13-16-6-5-11-29-16/h3-12H,13-14H2,1-2H3,(H,23,26). The van der Waals surface area contributed by atoms with Crippen molar-refractivity contribution in [3.8, 4) is 22.9 Å². The molecule has 0 bridgehead atoms. The molecule has 29 heavy (non-hydrogen) atoms. The average Bonchev–Trinajstić information content (AvgIpc) is 3.40. The molecule has 2 aromatic heterocycles. The first kappa shape index (κ1) is 18.6. The van der Waals surface area contributed by atoms with E-state index in [9.17, 15) is 4.79 Å². The smallest absolute Gasteiger partial charge is 0.240 e. The summed E-state index contributed by atoms with van der Waals surface area (Å²) in [5.74, 6) is 2.49. The Kier molecular flexibility index (Phi) is 5.20. The van der Waals surface area contributed by atoms with Crippen LogP contribution in [-0.2, 0) is 17.9 Å². The number of benzene rings is 2. The number of nitrogens with one attached hydrogen (secondary N) is 1. The van der Waals surface area contributed by atoms with Gasteiger partial charge in [-0.25, -0.2) is 4.98 Å². The van der Waals surface area contributed by atoms with Gasteiger partial charge in [0, 0.05) is 5.56 Å². The highest BCUT2D eigenvalue weighted by Gasteiger charge is 2.17. The van der Waals surface area contributed by atoms with Crippen LogP contribution in [0.15, 0.2) is 65.3 Å². The fourth-order valence-corrected chi connectivity index (χ4v) is 3.23. The molecule has 0 aliphatic rings. The second-order valence-electron chi connectivity index (χ2n) is 6.44. The number of hydrogen-bond donors (Lipinski definition) is 1. The maximum Gasteiger partial charge on any atom is 0.240 e. The van der Waals surface area contributed by atoms with Crippen LogP contribution in [0, 0.1) is 0 Å². The van der Waals surface area contributed by atoms with Crippen LogP contribution >= 0.6 is 0 Å². The third-order valence-corrected chi connectivity index (χ3v) is 4.64. The Balaban J connectivity index is 1.68. The number of hydrogen-bond acceptors (Lipinski definition) is 5. The Hall–Kier alpha value is -3.74. The first-order valence-corrected chi connectivity index (χ1v) is 9.16. The Morgan fingerprint density at radius 1 is 1.07 bits per heavy atom. The molecule has 0 spiro atoms. The van der Waals surface area contributed by atoms with Crippen LogP contribution in [0.3, 0.4) is 0 Å². The van der Waals surface area contributed by atoms with Gasteiger partial charge >= 0.3 is 0 Å². The van der Waals surface area contributed by atoms with Gasteiger partial charge in [-0.15, -0.1) is 0 Å². The van der Waals surface area contributed by atoms with E-state index in [0.717, 1.165) is 16.6 Å². The van der Waals surface area contributed by atoms with Crippen molar-refractivity contribution in [3.05, 3.63) is 66.6 Å². The van der Waals surface area contributed by atoms with E-state index in [1.54, 1.807) is 26.5 Å². The van der Waals surface area contributed by atoms with Gasteiger partial charge < -0.3 is 23.8 Å². The summed E-state index contributed by atoms with van der Waals surface area (Å²) >= 11 is 0. The molecule has 0 fully saturated rings. The monoisotopic (exact) mass is 391 g/mol. The minimum atomic E-state index is -0.133. The van der Waals surface area contributed by atoms with Crippen LogP contribution < -0.4 is 14.8 Å². The molecule has 2 aromatic carbocycles. The van der Waals surface area contributed by atoms with E-state index in [4.69, 9.17) is 18.9 Å². The molecule has 4 aromatic rings. The number of rotatable bonds is 7. The predicted octanol–water partition coefficient (Wildman–Crippen LogP) is 3.63. The molecular formula is C22H21N3O4. The molecule has 7 heteroatoms. The number of aromatic nitrogens is 2. The van der Waals surface area contributed by atoms with Gasteiger partial charge in [0.05, 0.1) is 38.1 Å². The molecule has 1 N–H and O–H groups in total. The average molecular weight is 391 g/mol. The lowest BCUT2D eigenvalue weighted by Gasteiger charge is -2.12. The molecule has 0 aliphatic heterocycles. The summed E-state index contributed by atoms with van der Waals surface area (Å²) < 4.78 is 17.9. The third kappa shape index (κ3) is 3.80. The normalized spacial score (nSPS) is 10.8. The lowest BCUT2D eigenvalue weighted by atomic mass is 10.2. The molecule has 1 amide bonds. The summed E-state index contributed by atoms with van der Waals surface area (Å²) in [4.78, 5) is 17.4. The highest BCUT2D eigenvalue weighted by Crippen LogP contribution is 2.33. The fraction of sp³-hybridized carbons (Fsp3) is 0.182. The number of furan rings is 1. The molecular weight excluding hydrogens is 370 g/mol. The molecule has 0 unspecified atom stereocenters. The van der Waals surface area contributed by atoms with E-state index in [1.807, 2.05) is 53.1 Å². The van der Waals surface area contributed by atoms with Gasteiger partial charge in [0.15, 0.2) is 11.5 Å². The number of para-hydroxylation sites is 2. The zero-order valence-corrected chi connectivity index (χ0v) is 16.2. The van der Waals surface area contributed by atoms with E-state index in [-0.39, 0.29) is 12.5 Å². The van der Waals surface area contributed by atoms with Crippen molar-refractivity contribution in [1.29, 1.82) is 0 Å². The minimum absolute atomic E-state index is 0.130. The number of fused-ring (bicyclic) bond motifs is 1. The maximum atomic E-state index is 12.6. The first-order valence-electron chi connectivity index (χ1n) is 9.16. The maximum absolute atomic E-state index is 12.6. The molecule has 2 heterocycles. The largest absolute Gasteiger partial charge is 0.493 e. The van der Waals surface area contributed by atoms with Gasteiger partial charge in [-0.2, -0.15) is 0 Å². The summed E-state index contributed by atoms with van der Waals surface area (Å²) in [5, 5.41) is 2.88. The Bertz CT molecular complexity index is 1130. The number of imidazole rings is 1. The topological polar surface area (TPSA) is 78.5 Å². The lowest BCUT2D eigenvalue weighted by Crippen LogP contribution is -2.27. The number of methoxy groups -OCH3 is 2. The highest BCUT2D eigenvalue weighted by molar-refractivity contribution is 5.84. The molecule has 0 aliphatic carbocycles. The van der Waals surface area contributed by atoms with Gasteiger partial charge in [-0.3, -0.25) is 4.79 Å². The number of carbonyl (C=O) groups excluding carboxylic acids is 1. The summed E-state index contributed by atoms with van der Waals surface area (Å²) in [5.41, 5.74) is 2.53. The number of nitrogens with zero attached hydrogens (tertiary/aromatic N) is 2. The summed E-state index contributed by atoms with van der Waals surface area (Å²) in [6, 6.07) is 16.9. The second-order valence-corrected chi connectivity index (χ2v) is 6.44. The number of amides is 1. The summed E-state index contributed by atoms with van der Waals surface area (Å²) in [6.45, 7) is 0.467. The van der Waals surface area contributed by atoms with Crippen molar-refractivity contribution in [2.24, 2.45) is 0 Å². The Labute approximate surface area is 167 Å². The van der Waals surface area contributed by atoms with E-state index in [1.165, 1.54) is 0 Å². The molecule has 0 radical (unpaired) electrons. The number of ether oxygens (including phenoxy) is 2. The van der Waals surface area contributed by atoms with Crippen molar-refractivity contribution in [2.75, 3.05) is 14.2 Å². The molecule has 148 valence electrons. The highest BCUT2D eigenvalue weighted by atomic mass is 16.5. The zero-order valence-electron chi connectivity index (χ0n) is 16.2. The molecule has 0 saturated heterocycles. The Morgan fingerprint density at radius 2 is 1.90 bits per heavy atom. The third-order valence-electron chi connectivity index (χ3n) is 4.64. The van der Waals surface area contributed by atoms with Crippen molar-refractivity contribution < 1.29 is 18.7 Å². The van der Waals surface area contributed by atoms with Crippen LogP contribution in [0.2, 0.25) is 0 Å². The molecule has 4 rings (SSSR count). The molecule has 7 nitrogen and oxygen atoms in total. The number of carbonyl (C=O) groups is 1. The zero-order chi connectivity index (χ0) is 20.2. The van der Waals surface area contributed by atoms with Gasteiger partial charge in [-0.1, -0.05) is 12.1 Å². The molecule has 0 saturated carbocycles. The predicted molar refractivity (Wildman–Crippen MR) is 109 cm³/mol.